The van der Waals surface area contributed by atoms with Crippen LogP contribution in [0.5, 0.6) is 5.75 Å². The van der Waals surface area contributed by atoms with E-state index in [2.05, 4.69) is 0 Å². The molecule has 0 atom stereocenters. The van der Waals surface area contributed by atoms with Crippen LogP contribution in [0.2, 0.25) is 0 Å². The highest BCUT2D eigenvalue weighted by Gasteiger charge is 2.27. The van der Waals surface area contributed by atoms with Crippen LogP contribution in [0.15, 0.2) is 42.5 Å². The molecule has 3 rings (SSSR count). The third-order valence-corrected chi connectivity index (χ3v) is 4.15. The molecule has 2 aromatic rings. The number of hydrogen-bond donors (Lipinski definition) is 1. The van der Waals surface area contributed by atoms with Crippen LogP contribution < -0.4 is 0 Å². The summed E-state index contributed by atoms with van der Waals surface area (Å²) in [6.45, 7) is 0.897. The zero-order valence-electron chi connectivity index (χ0n) is 13.3. The van der Waals surface area contributed by atoms with Crippen molar-refractivity contribution < 1.29 is 23.5 Å². The number of carbonyl (C=O) groups is 2. The minimum Gasteiger partial charge on any atom is -0.507 e. The van der Waals surface area contributed by atoms with Gasteiger partial charge in [0.2, 0.25) is 0 Å². The second kappa shape index (κ2) is 6.88. The van der Waals surface area contributed by atoms with E-state index in [1.54, 1.807) is 12.1 Å². The van der Waals surface area contributed by atoms with Crippen molar-refractivity contribution in [2.75, 3.05) is 26.2 Å². The van der Waals surface area contributed by atoms with Crippen molar-refractivity contribution in [3.63, 3.8) is 0 Å². The number of benzene rings is 2. The standard InChI is InChI=1S/C18H16F2N2O3/c19-12-5-6-15(20)14(11-12)18(25)22-9-7-21(8-10-22)17(24)13-3-1-2-4-16(13)23/h1-6,11,23H,7-10H2. The average Bonchev–Trinajstić information content (AvgIpc) is 2.63. The van der Waals surface area contributed by atoms with Crippen LogP contribution in [-0.4, -0.2) is 52.9 Å². The van der Waals surface area contributed by atoms with E-state index in [0.29, 0.717) is 0 Å². The van der Waals surface area contributed by atoms with Crippen LogP contribution in [0.25, 0.3) is 0 Å². The van der Waals surface area contributed by atoms with Crippen LogP contribution in [0.1, 0.15) is 20.7 Å². The normalized spacial score (nSPS) is 14.5. The van der Waals surface area contributed by atoms with Crippen molar-refractivity contribution in [1.82, 2.24) is 9.80 Å². The average molecular weight is 346 g/mol. The molecule has 1 fully saturated rings. The first kappa shape index (κ1) is 16.9. The molecule has 2 amide bonds. The number of phenolic OH excluding ortho intramolecular Hbond substituents is 1. The van der Waals surface area contributed by atoms with Gasteiger partial charge in [0.1, 0.15) is 17.4 Å². The predicted octanol–water partition coefficient (Wildman–Crippen LogP) is 2.27. The number of piperazine rings is 1. The molecular weight excluding hydrogens is 330 g/mol. The molecule has 7 heteroatoms. The van der Waals surface area contributed by atoms with Crippen LogP contribution in [0.4, 0.5) is 8.78 Å². The molecule has 0 radical (unpaired) electrons. The van der Waals surface area contributed by atoms with Crippen LogP contribution >= 0.6 is 0 Å². The van der Waals surface area contributed by atoms with Crippen molar-refractivity contribution >= 4 is 11.8 Å². The lowest BCUT2D eigenvalue weighted by Gasteiger charge is -2.35. The van der Waals surface area contributed by atoms with Gasteiger partial charge >= 0.3 is 0 Å². The number of halogens is 2. The fourth-order valence-corrected chi connectivity index (χ4v) is 2.77. The summed E-state index contributed by atoms with van der Waals surface area (Å²) in [5.74, 6) is -2.50. The number of hydrogen-bond acceptors (Lipinski definition) is 3. The van der Waals surface area contributed by atoms with Gasteiger partial charge in [-0.3, -0.25) is 9.59 Å². The lowest BCUT2D eigenvalue weighted by atomic mass is 10.1. The second-order valence-corrected chi connectivity index (χ2v) is 5.73. The van der Waals surface area contributed by atoms with Crippen molar-refractivity contribution in [3.8, 4) is 5.75 Å². The summed E-state index contributed by atoms with van der Waals surface area (Å²) < 4.78 is 27.0. The molecule has 0 bridgehead atoms. The Kier molecular flexibility index (Phi) is 4.65. The van der Waals surface area contributed by atoms with Gasteiger partial charge < -0.3 is 14.9 Å². The lowest BCUT2D eigenvalue weighted by molar-refractivity contribution is 0.0531. The first-order valence-electron chi connectivity index (χ1n) is 7.79. The molecule has 0 saturated carbocycles. The van der Waals surface area contributed by atoms with Crippen LogP contribution in [0, 0.1) is 11.6 Å². The third-order valence-electron chi connectivity index (χ3n) is 4.15. The molecule has 130 valence electrons. The fourth-order valence-electron chi connectivity index (χ4n) is 2.77. The topological polar surface area (TPSA) is 60.9 Å². The number of aromatic hydroxyl groups is 1. The quantitative estimate of drug-likeness (QED) is 0.907. The number of amides is 2. The summed E-state index contributed by atoms with van der Waals surface area (Å²) in [4.78, 5) is 27.7. The molecule has 25 heavy (non-hydrogen) atoms. The Hall–Kier alpha value is -2.96. The van der Waals surface area contributed by atoms with E-state index in [0.717, 1.165) is 18.2 Å². The number of phenols is 1. The maximum Gasteiger partial charge on any atom is 0.257 e. The monoisotopic (exact) mass is 346 g/mol. The van der Waals surface area contributed by atoms with E-state index in [1.165, 1.54) is 21.9 Å². The molecule has 1 N–H and O–H groups in total. The summed E-state index contributed by atoms with van der Waals surface area (Å²) in [5.41, 5.74) is -0.126. The smallest absolute Gasteiger partial charge is 0.257 e. The molecule has 1 saturated heterocycles. The summed E-state index contributed by atoms with van der Waals surface area (Å²) in [6, 6.07) is 8.97. The largest absolute Gasteiger partial charge is 0.507 e. The highest BCUT2D eigenvalue weighted by molar-refractivity contribution is 5.97. The van der Waals surface area contributed by atoms with Crippen molar-refractivity contribution in [3.05, 3.63) is 65.2 Å². The zero-order chi connectivity index (χ0) is 18.0. The number of rotatable bonds is 2. The Bertz CT molecular complexity index is 818. The Morgan fingerprint density at radius 1 is 0.840 bits per heavy atom. The van der Waals surface area contributed by atoms with E-state index < -0.39 is 17.5 Å². The number of nitrogens with zero attached hydrogens (tertiary/aromatic N) is 2. The highest BCUT2D eigenvalue weighted by atomic mass is 19.1. The van der Waals surface area contributed by atoms with Crippen LogP contribution in [-0.2, 0) is 0 Å². The van der Waals surface area contributed by atoms with Gasteiger partial charge in [0.15, 0.2) is 0 Å². The molecule has 5 nitrogen and oxygen atoms in total. The van der Waals surface area contributed by atoms with E-state index in [9.17, 15) is 23.5 Å². The van der Waals surface area contributed by atoms with Gasteiger partial charge in [-0.25, -0.2) is 8.78 Å². The van der Waals surface area contributed by atoms with Gasteiger partial charge in [-0.05, 0) is 30.3 Å². The van der Waals surface area contributed by atoms with Crippen molar-refractivity contribution in [1.29, 1.82) is 0 Å². The highest BCUT2D eigenvalue weighted by Crippen LogP contribution is 2.20. The molecule has 2 aromatic carbocycles. The maximum absolute atomic E-state index is 13.7. The maximum atomic E-state index is 13.7. The van der Waals surface area contributed by atoms with Crippen LogP contribution in [0.3, 0.4) is 0 Å². The van der Waals surface area contributed by atoms with Gasteiger partial charge in [-0.2, -0.15) is 0 Å². The first-order valence-corrected chi connectivity index (χ1v) is 7.79. The van der Waals surface area contributed by atoms with E-state index in [4.69, 9.17) is 0 Å². The van der Waals surface area contributed by atoms with Gasteiger partial charge in [0, 0.05) is 26.2 Å². The zero-order valence-corrected chi connectivity index (χ0v) is 13.3. The Morgan fingerprint density at radius 2 is 1.40 bits per heavy atom. The predicted molar refractivity (Wildman–Crippen MR) is 86.3 cm³/mol. The molecule has 0 unspecified atom stereocenters. The molecular formula is C18H16F2N2O3. The third kappa shape index (κ3) is 3.45. The van der Waals surface area contributed by atoms with Gasteiger partial charge in [0.25, 0.3) is 11.8 Å². The summed E-state index contributed by atoms with van der Waals surface area (Å²) in [7, 11) is 0. The Morgan fingerprint density at radius 3 is 2.00 bits per heavy atom. The molecule has 1 aliphatic rings. The summed E-state index contributed by atoms with van der Waals surface area (Å²) in [6.07, 6.45) is 0. The van der Waals surface area contributed by atoms with Crippen molar-refractivity contribution in [2.24, 2.45) is 0 Å². The van der Waals surface area contributed by atoms with E-state index in [1.807, 2.05) is 0 Å². The lowest BCUT2D eigenvalue weighted by Crippen LogP contribution is -2.50. The number of carbonyl (C=O) groups excluding carboxylic acids is 2. The molecule has 0 spiro atoms. The summed E-state index contributed by atoms with van der Waals surface area (Å²) in [5, 5.41) is 9.77. The first-order chi connectivity index (χ1) is 12.0. The molecule has 0 aliphatic carbocycles. The van der Waals surface area contributed by atoms with Gasteiger partial charge in [-0.15, -0.1) is 0 Å². The minimum atomic E-state index is -0.779. The molecule has 0 aromatic heterocycles. The fraction of sp³-hybridized carbons (Fsp3) is 0.222. The van der Waals surface area contributed by atoms with E-state index >= 15 is 0 Å². The molecule has 1 heterocycles. The minimum absolute atomic E-state index is 0.104. The Labute approximate surface area is 143 Å². The van der Waals surface area contributed by atoms with Gasteiger partial charge in [0.05, 0.1) is 11.1 Å². The Balaban J connectivity index is 1.68. The number of para-hydroxylation sites is 1. The van der Waals surface area contributed by atoms with Gasteiger partial charge in [-0.1, -0.05) is 12.1 Å². The SMILES string of the molecule is O=C(c1ccccc1O)N1CCN(C(=O)c2cc(F)ccc2F)CC1. The summed E-state index contributed by atoms with van der Waals surface area (Å²) >= 11 is 0. The molecule has 1 aliphatic heterocycles. The van der Waals surface area contributed by atoms with Crippen molar-refractivity contribution in [2.45, 2.75) is 0 Å². The van der Waals surface area contributed by atoms with E-state index in [-0.39, 0.29) is 49.0 Å². The second-order valence-electron chi connectivity index (χ2n) is 5.73.